The fourth-order valence-electron chi connectivity index (χ4n) is 3.90. The van der Waals surface area contributed by atoms with E-state index >= 15 is 0 Å². The first kappa shape index (κ1) is 22.7. The van der Waals surface area contributed by atoms with E-state index in [1.54, 1.807) is 12.4 Å². The Kier molecular flexibility index (Phi) is 6.42. The van der Waals surface area contributed by atoms with Crippen molar-refractivity contribution in [3.05, 3.63) is 85.2 Å². The molecule has 4 heterocycles. The minimum Gasteiger partial charge on any atom is -0.490 e. The van der Waals surface area contributed by atoms with Crippen LogP contribution < -0.4 is 9.47 Å². The van der Waals surface area contributed by atoms with Gasteiger partial charge in [0, 0.05) is 0 Å². The zero-order chi connectivity index (χ0) is 24.9. The number of para-hydroxylation sites is 4. The van der Waals surface area contributed by atoms with Gasteiger partial charge in [0.2, 0.25) is 0 Å². The van der Waals surface area contributed by atoms with Crippen LogP contribution in [-0.2, 0) is 4.74 Å². The van der Waals surface area contributed by atoms with Crippen LogP contribution in [0, 0.1) is 0 Å². The Bertz CT molecular complexity index is 1420. The van der Waals surface area contributed by atoms with E-state index in [0.717, 1.165) is 45.1 Å². The molecule has 0 atom stereocenters. The summed E-state index contributed by atoms with van der Waals surface area (Å²) < 4.78 is 17.0. The number of nitrogens with zero attached hydrogens (tertiary/aromatic N) is 4. The Labute approximate surface area is 212 Å². The van der Waals surface area contributed by atoms with Crippen molar-refractivity contribution in [2.75, 3.05) is 26.4 Å². The van der Waals surface area contributed by atoms with Crippen molar-refractivity contribution >= 4 is 22.1 Å². The summed E-state index contributed by atoms with van der Waals surface area (Å²) >= 11 is 0. The standard InChI is InChI=1S/C28H24N6O3/c1-2-6-22-21(5-1)31-27(32-22)25-11-9-19(17-29-25)36-15-13-35-14-16-37-20-10-12-26(30-18-20)28-33-23-7-3-4-8-24(23)34-28/h1-12,17-18H,13-16H2,(H,31,32)(H,33,34). The monoisotopic (exact) mass is 492 g/mol. The normalized spacial score (nSPS) is 11.2. The summed E-state index contributed by atoms with van der Waals surface area (Å²) in [4.78, 5) is 24.6. The van der Waals surface area contributed by atoms with Crippen molar-refractivity contribution in [3.8, 4) is 34.5 Å². The zero-order valence-electron chi connectivity index (χ0n) is 19.9. The number of benzene rings is 2. The molecule has 0 saturated heterocycles. The predicted molar refractivity (Wildman–Crippen MR) is 140 cm³/mol. The molecule has 0 unspecified atom stereocenters. The van der Waals surface area contributed by atoms with Crippen LogP contribution in [0.4, 0.5) is 0 Å². The summed E-state index contributed by atoms with van der Waals surface area (Å²) in [5, 5.41) is 0. The molecule has 0 saturated carbocycles. The molecule has 6 aromatic rings. The number of H-pyrrole nitrogens is 2. The molecule has 9 heteroatoms. The topological polar surface area (TPSA) is 111 Å². The average Bonchev–Trinajstić information content (AvgIpc) is 3.58. The number of fused-ring (bicyclic) bond motifs is 2. The lowest BCUT2D eigenvalue weighted by Crippen LogP contribution is -2.12. The molecule has 0 aliphatic rings. The maximum absolute atomic E-state index is 5.72. The van der Waals surface area contributed by atoms with Gasteiger partial charge in [0.15, 0.2) is 11.6 Å². The smallest absolute Gasteiger partial charge is 0.157 e. The molecule has 0 aliphatic carbocycles. The number of nitrogens with one attached hydrogen (secondary N) is 2. The molecule has 9 nitrogen and oxygen atoms in total. The molecule has 0 aliphatic heterocycles. The van der Waals surface area contributed by atoms with E-state index in [0.29, 0.717) is 37.9 Å². The Morgan fingerprint density at radius 1 is 0.541 bits per heavy atom. The number of hydrogen-bond acceptors (Lipinski definition) is 7. The number of aromatic nitrogens is 6. The van der Waals surface area contributed by atoms with Crippen molar-refractivity contribution in [1.29, 1.82) is 0 Å². The summed E-state index contributed by atoms with van der Waals surface area (Å²) in [5.41, 5.74) is 5.32. The highest BCUT2D eigenvalue weighted by Crippen LogP contribution is 2.21. The first-order chi connectivity index (χ1) is 18.3. The zero-order valence-corrected chi connectivity index (χ0v) is 19.9. The molecule has 2 aromatic carbocycles. The van der Waals surface area contributed by atoms with Crippen LogP contribution in [0.15, 0.2) is 85.2 Å². The van der Waals surface area contributed by atoms with Crippen LogP contribution in [-0.4, -0.2) is 56.3 Å². The van der Waals surface area contributed by atoms with Crippen molar-refractivity contribution in [2.24, 2.45) is 0 Å². The third-order valence-corrected chi connectivity index (χ3v) is 5.73. The fraction of sp³-hybridized carbons (Fsp3) is 0.143. The van der Waals surface area contributed by atoms with E-state index < -0.39 is 0 Å². The van der Waals surface area contributed by atoms with Gasteiger partial charge in [-0.05, 0) is 48.5 Å². The number of hydrogen-bond donors (Lipinski definition) is 2. The number of pyridine rings is 2. The molecule has 0 bridgehead atoms. The summed E-state index contributed by atoms with van der Waals surface area (Å²) in [6.07, 6.45) is 3.38. The summed E-state index contributed by atoms with van der Waals surface area (Å²) in [6.45, 7) is 1.72. The van der Waals surface area contributed by atoms with Crippen molar-refractivity contribution in [3.63, 3.8) is 0 Å². The Balaban J connectivity index is 0.907. The highest BCUT2D eigenvalue weighted by molar-refractivity contribution is 5.79. The third kappa shape index (κ3) is 5.26. The van der Waals surface area contributed by atoms with E-state index in [1.807, 2.05) is 72.8 Å². The minimum atomic E-state index is 0.416. The predicted octanol–water partition coefficient (Wildman–Crippen LogP) is 5.04. The third-order valence-electron chi connectivity index (χ3n) is 5.73. The Hall–Kier alpha value is -4.76. The minimum absolute atomic E-state index is 0.416. The number of aromatic amines is 2. The molecular formula is C28H24N6O3. The molecule has 2 N–H and O–H groups in total. The van der Waals surface area contributed by atoms with Crippen molar-refractivity contribution < 1.29 is 14.2 Å². The number of imidazole rings is 2. The van der Waals surface area contributed by atoms with Gasteiger partial charge in [0.1, 0.15) is 36.1 Å². The lowest BCUT2D eigenvalue weighted by molar-refractivity contribution is 0.0762. The Morgan fingerprint density at radius 3 is 1.46 bits per heavy atom. The second-order valence-corrected chi connectivity index (χ2v) is 8.27. The largest absolute Gasteiger partial charge is 0.490 e. The van der Waals surface area contributed by atoms with Gasteiger partial charge in [0.25, 0.3) is 0 Å². The maximum atomic E-state index is 5.72. The molecule has 0 radical (unpaired) electrons. The molecule has 184 valence electrons. The van der Waals surface area contributed by atoms with Crippen LogP contribution in [0.25, 0.3) is 45.1 Å². The van der Waals surface area contributed by atoms with Crippen LogP contribution in [0.2, 0.25) is 0 Å². The Morgan fingerprint density at radius 2 is 1.03 bits per heavy atom. The molecule has 37 heavy (non-hydrogen) atoms. The highest BCUT2D eigenvalue weighted by atomic mass is 16.5. The van der Waals surface area contributed by atoms with Gasteiger partial charge in [-0.3, -0.25) is 0 Å². The van der Waals surface area contributed by atoms with Crippen molar-refractivity contribution in [1.82, 2.24) is 29.9 Å². The molecule has 0 fully saturated rings. The van der Waals surface area contributed by atoms with Gasteiger partial charge in [-0.15, -0.1) is 0 Å². The van der Waals surface area contributed by atoms with Gasteiger partial charge < -0.3 is 24.2 Å². The molecule has 0 amide bonds. The molecule has 6 rings (SSSR count). The van der Waals surface area contributed by atoms with E-state index in [4.69, 9.17) is 14.2 Å². The molecule has 4 aromatic heterocycles. The van der Waals surface area contributed by atoms with Crippen LogP contribution >= 0.6 is 0 Å². The van der Waals surface area contributed by atoms with E-state index in [2.05, 4.69) is 29.9 Å². The molecular weight excluding hydrogens is 468 g/mol. The first-order valence-electron chi connectivity index (χ1n) is 12.0. The van der Waals surface area contributed by atoms with Gasteiger partial charge >= 0.3 is 0 Å². The van der Waals surface area contributed by atoms with E-state index in [1.165, 1.54) is 0 Å². The second kappa shape index (κ2) is 10.5. The van der Waals surface area contributed by atoms with Gasteiger partial charge in [-0.25, -0.2) is 19.9 Å². The van der Waals surface area contributed by atoms with Crippen LogP contribution in [0.5, 0.6) is 11.5 Å². The lowest BCUT2D eigenvalue weighted by atomic mass is 10.3. The SMILES string of the molecule is c1ccc2[nH]c(-c3ccc(OCCOCCOc4ccc(-c5nc6ccccc6[nH]5)nc4)cn3)nc2c1. The van der Waals surface area contributed by atoms with Crippen LogP contribution in [0.3, 0.4) is 0 Å². The quantitative estimate of drug-likeness (QED) is 0.258. The molecule has 0 spiro atoms. The van der Waals surface area contributed by atoms with Crippen molar-refractivity contribution in [2.45, 2.75) is 0 Å². The summed E-state index contributed by atoms with van der Waals surface area (Å²) in [7, 11) is 0. The van der Waals surface area contributed by atoms with Gasteiger partial charge in [-0.1, -0.05) is 24.3 Å². The summed E-state index contributed by atoms with van der Waals surface area (Å²) in [5.74, 6) is 2.82. The average molecular weight is 493 g/mol. The maximum Gasteiger partial charge on any atom is 0.157 e. The lowest BCUT2D eigenvalue weighted by Gasteiger charge is -2.09. The number of rotatable bonds is 10. The summed E-state index contributed by atoms with van der Waals surface area (Å²) in [6, 6.07) is 23.3. The van der Waals surface area contributed by atoms with Gasteiger partial charge in [-0.2, -0.15) is 0 Å². The van der Waals surface area contributed by atoms with Crippen LogP contribution in [0.1, 0.15) is 0 Å². The number of ether oxygens (including phenoxy) is 3. The first-order valence-corrected chi connectivity index (χ1v) is 12.0. The fourth-order valence-corrected chi connectivity index (χ4v) is 3.90. The van der Waals surface area contributed by atoms with E-state index in [9.17, 15) is 0 Å². The highest BCUT2D eigenvalue weighted by Gasteiger charge is 2.08. The second-order valence-electron chi connectivity index (χ2n) is 8.27. The van der Waals surface area contributed by atoms with Gasteiger partial charge in [0.05, 0.1) is 47.7 Å². The van der Waals surface area contributed by atoms with E-state index in [-0.39, 0.29) is 0 Å².